The maximum atomic E-state index is 6.57. The monoisotopic (exact) mass is 602 g/mol. The van der Waals surface area contributed by atoms with Crippen LogP contribution in [0.25, 0.3) is 76.9 Å². The molecule has 47 heavy (non-hydrogen) atoms. The van der Waals surface area contributed by atoms with Gasteiger partial charge in [-0.1, -0.05) is 91.0 Å². The zero-order chi connectivity index (χ0) is 30.9. The fourth-order valence-electron chi connectivity index (χ4n) is 7.17. The van der Waals surface area contributed by atoms with Crippen molar-refractivity contribution in [1.82, 2.24) is 18.8 Å². The maximum Gasteiger partial charge on any atom is 0.145 e. The molecule has 0 aliphatic carbocycles. The lowest BCUT2D eigenvalue weighted by Gasteiger charge is -2.14. The summed E-state index contributed by atoms with van der Waals surface area (Å²) in [5, 5.41) is 6.72. The number of hydrogen-bond donors (Lipinski definition) is 0. The lowest BCUT2D eigenvalue weighted by atomic mass is 9.98. The number of nitrogens with zero attached hydrogens (tertiary/aromatic N) is 4. The molecule has 0 aliphatic heterocycles. The highest BCUT2D eigenvalue weighted by atomic mass is 16.5. The van der Waals surface area contributed by atoms with E-state index in [4.69, 9.17) is 14.7 Å². The van der Waals surface area contributed by atoms with Crippen LogP contribution in [-0.2, 0) is 0 Å². The van der Waals surface area contributed by atoms with Crippen LogP contribution in [0.2, 0.25) is 0 Å². The van der Waals surface area contributed by atoms with Crippen molar-refractivity contribution in [3.63, 3.8) is 0 Å². The molecule has 0 amide bonds. The van der Waals surface area contributed by atoms with E-state index in [9.17, 15) is 0 Å². The molecule has 10 aromatic rings. The van der Waals surface area contributed by atoms with Gasteiger partial charge in [-0.15, -0.1) is 0 Å². The van der Waals surface area contributed by atoms with Crippen LogP contribution >= 0.6 is 0 Å². The first-order valence-electron chi connectivity index (χ1n) is 15.7. The van der Waals surface area contributed by atoms with E-state index in [0.29, 0.717) is 0 Å². The van der Waals surface area contributed by atoms with Crippen LogP contribution < -0.4 is 4.74 Å². The van der Waals surface area contributed by atoms with Crippen LogP contribution in [0.1, 0.15) is 0 Å². The van der Waals surface area contributed by atoms with Gasteiger partial charge in [-0.2, -0.15) is 0 Å². The highest BCUT2D eigenvalue weighted by Gasteiger charge is 2.16. The zero-order valence-electron chi connectivity index (χ0n) is 25.2. The molecular weight excluding hydrogens is 576 g/mol. The van der Waals surface area contributed by atoms with Crippen molar-refractivity contribution in [2.24, 2.45) is 0 Å². The van der Waals surface area contributed by atoms with Gasteiger partial charge in [-0.3, -0.25) is 8.80 Å². The summed E-state index contributed by atoms with van der Waals surface area (Å²) in [6.45, 7) is 0. The van der Waals surface area contributed by atoms with E-state index >= 15 is 0 Å². The second-order valence-corrected chi connectivity index (χ2v) is 11.9. The van der Waals surface area contributed by atoms with Gasteiger partial charge in [0.05, 0.1) is 11.0 Å². The van der Waals surface area contributed by atoms with E-state index in [0.717, 1.165) is 55.4 Å². The Balaban J connectivity index is 1.10. The van der Waals surface area contributed by atoms with Gasteiger partial charge in [0.2, 0.25) is 0 Å². The van der Waals surface area contributed by atoms with Gasteiger partial charge in [-0.25, -0.2) is 9.97 Å². The Labute approximate surface area is 269 Å². The molecule has 10 rings (SSSR count). The predicted molar refractivity (Wildman–Crippen MR) is 191 cm³/mol. The minimum absolute atomic E-state index is 0.757. The van der Waals surface area contributed by atoms with Gasteiger partial charge in [-0.05, 0) is 69.9 Å². The first kappa shape index (κ1) is 25.8. The number of para-hydroxylation sites is 1. The predicted octanol–water partition coefficient (Wildman–Crippen LogP) is 10.7. The molecule has 0 saturated heterocycles. The molecule has 0 saturated carbocycles. The SMILES string of the molecule is c1ccc(-c2ccc3c4ccc(Oc5ccc6c(c5)c5nccn5c5c(-c7ccccc7)cccc65)cc4c4nccn4c3c2)cc1. The van der Waals surface area contributed by atoms with Crippen molar-refractivity contribution < 1.29 is 4.74 Å². The summed E-state index contributed by atoms with van der Waals surface area (Å²) < 4.78 is 10.9. The van der Waals surface area contributed by atoms with E-state index in [1.807, 2.05) is 36.9 Å². The van der Waals surface area contributed by atoms with Crippen LogP contribution in [0, 0.1) is 0 Å². The molecule has 0 N–H and O–H groups in total. The average molecular weight is 603 g/mol. The minimum atomic E-state index is 0.757. The fraction of sp³-hybridized carbons (Fsp3) is 0. The lowest BCUT2D eigenvalue weighted by molar-refractivity contribution is 0.484. The second kappa shape index (κ2) is 10.0. The topological polar surface area (TPSA) is 43.8 Å². The molecule has 0 radical (unpaired) electrons. The molecule has 4 aromatic heterocycles. The number of hydrogen-bond acceptors (Lipinski definition) is 3. The molecule has 220 valence electrons. The smallest absolute Gasteiger partial charge is 0.145 e. The van der Waals surface area contributed by atoms with Crippen LogP contribution in [0.4, 0.5) is 0 Å². The Morgan fingerprint density at radius 2 is 1.04 bits per heavy atom. The maximum absolute atomic E-state index is 6.57. The van der Waals surface area contributed by atoms with E-state index in [1.165, 1.54) is 33.0 Å². The van der Waals surface area contributed by atoms with Crippen molar-refractivity contribution >= 4 is 54.6 Å². The molecule has 0 aliphatic rings. The van der Waals surface area contributed by atoms with E-state index in [1.54, 1.807) is 0 Å². The molecule has 0 bridgehead atoms. The van der Waals surface area contributed by atoms with E-state index in [-0.39, 0.29) is 0 Å². The molecule has 0 spiro atoms. The minimum Gasteiger partial charge on any atom is -0.457 e. The summed E-state index contributed by atoms with van der Waals surface area (Å²) in [5.74, 6) is 1.52. The van der Waals surface area contributed by atoms with Crippen LogP contribution in [-0.4, -0.2) is 18.8 Å². The van der Waals surface area contributed by atoms with Crippen molar-refractivity contribution in [2.45, 2.75) is 0 Å². The normalized spacial score (nSPS) is 11.8. The number of fused-ring (bicyclic) bond motifs is 12. The van der Waals surface area contributed by atoms with Crippen LogP contribution in [0.15, 0.2) is 158 Å². The number of rotatable bonds is 4. The Morgan fingerprint density at radius 1 is 0.426 bits per heavy atom. The third kappa shape index (κ3) is 3.97. The highest BCUT2D eigenvalue weighted by Crippen LogP contribution is 2.39. The summed E-state index contributed by atoms with van der Waals surface area (Å²) in [7, 11) is 0. The summed E-state index contributed by atoms with van der Waals surface area (Å²) in [6.07, 6.45) is 7.81. The van der Waals surface area contributed by atoms with Crippen molar-refractivity contribution in [3.8, 4) is 33.8 Å². The fourth-order valence-corrected chi connectivity index (χ4v) is 7.17. The van der Waals surface area contributed by atoms with E-state index in [2.05, 4.69) is 130 Å². The quantitative estimate of drug-likeness (QED) is 0.188. The molecule has 4 heterocycles. The summed E-state index contributed by atoms with van der Waals surface area (Å²) in [5.41, 5.74) is 8.81. The van der Waals surface area contributed by atoms with Gasteiger partial charge in [0.1, 0.15) is 22.8 Å². The first-order chi connectivity index (χ1) is 23.3. The Kier molecular flexibility index (Phi) is 5.51. The molecule has 6 aromatic carbocycles. The average Bonchev–Trinajstić information content (AvgIpc) is 3.84. The van der Waals surface area contributed by atoms with E-state index < -0.39 is 0 Å². The van der Waals surface area contributed by atoms with Gasteiger partial charge in [0.15, 0.2) is 0 Å². The zero-order valence-corrected chi connectivity index (χ0v) is 25.2. The number of benzene rings is 6. The summed E-state index contributed by atoms with van der Waals surface area (Å²) in [4.78, 5) is 9.57. The standard InChI is InChI=1S/C42H26N4O/c1-3-8-27(9-4-1)29-14-17-35-33-18-15-30(25-37(33)41-43-20-22-45(41)39(35)24-29)47-31-16-19-34-36-13-7-12-32(28-10-5-2-6-11-28)40(36)46-23-21-44-42(46)38(34)26-31/h1-26H. The largest absolute Gasteiger partial charge is 0.457 e. The summed E-state index contributed by atoms with van der Waals surface area (Å²) in [6, 6.07) is 46.8. The van der Waals surface area contributed by atoms with Crippen molar-refractivity contribution in [1.29, 1.82) is 0 Å². The molecular formula is C42H26N4O. The van der Waals surface area contributed by atoms with Crippen molar-refractivity contribution in [2.75, 3.05) is 0 Å². The first-order valence-corrected chi connectivity index (χ1v) is 15.7. The number of aromatic nitrogens is 4. The number of imidazole rings is 2. The number of ether oxygens (including phenoxy) is 1. The molecule has 0 atom stereocenters. The molecule has 5 nitrogen and oxygen atoms in total. The van der Waals surface area contributed by atoms with Gasteiger partial charge < -0.3 is 4.74 Å². The van der Waals surface area contributed by atoms with Crippen molar-refractivity contribution in [3.05, 3.63) is 158 Å². The number of pyridine rings is 2. The van der Waals surface area contributed by atoms with Gasteiger partial charge in [0.25, 0.3) is 0 Å². The van der Waals surface area contributed by atoms with Gasteiger partial charge in [0, 0.05) is 51.9 Å². The Bertz CT molecular complexity index is 2820. The van der Waals surface area contributed by atoms with Crippen LogP contribution in [0.5, 0.6) is 11.5 Å². The third-order valence-corrected chi connectivity index (χ3v) is 9.29. The second-order valence-electron chi connectivity index (χ2n) is 11.9. The summed E-state index contributed by atoms with van der Waals surface area (Å²) >= 11 is 0. The third-order valence-electron chi connectivity index (χ3n) is 9.29. The molecule has 5 heteroatoms. The molecule has 0 fully saturated rings. The lowest BCUT2D eigenvalue weighted by Crippen LogP contribution is -1.94. The van der Waals surface area contributed by atoms with Crippen LogP contribution in [0.3, 0.4) is 0 Å². The molecule has 0 unspecified atom stereocenters. The van der Waals surface area contributed by atoms with Gasteiger partial charge >= 0.3 is 0 Å². The Hall–Kier alpha value is -6.46. The Morgan fingerprint density at radius 3 is 1.77 bits per heavy atom. The highest BCUT2D eigenvalue weighted by molar-refractivity contribution is 6.15.